The van der Waals surface area contributed by atoms with Gasteiger partial charge in [0.05, 0.1) is 11.8 Å². The van der Waals surface area contributed by atoms with Crippen molar-refractivity contribution in [2.45, 2.75) is 64.8 Å². The van der Waals surface area contributed by atoms with Crippen molar-refractivity contribution >= 4 is 0 Å². The maximum atomic E-state index is 5.73. The van der Waals surface area contributed by atoms with Crippen molar-refractivity contribution in [3.05, 3.63) is 18.0 Å². The topological polar surface area (TPSA) is 39.1 Å². The third kappa shape index (κ3) is 3.82. The fourth-order valence-electron chi connectivity index (χ4n) is 2.52. The summed E-state index contributed by atoms with van der Waals surface area (Å²) in [5.41, 5.74) is 1.29. The molecule has 1 fully saturated rings. The molecule has 1 aliphatic heterocycles. The molecule has 1 aromatic heterocycles. The summed E-state index contributed by atoms with van der Waals surface area (Å²) in [7, 11) is 0. The minimum absolute atomic E-state index is 0.0162. The van der Waals surface area contributed by atoms with Gasteiger partial charge in [-0.25, -0.2) is 0 Å². The van der Waals surface area contributed by atoms with Crippen LogP contribution in [0, 0.1) is 0 Å². The molecule has 2 rings (SSSR count). The van der Waals surface area contributed by atoms with Crippen molar-refractivity contribution in [3.63, 3.8) is 0 Å². The molecule has 1 atom stereocenters. The Kier molecular flexibility index (Phi) is 4.40. The first-order valence-electron chi connectivity index (χ1n) is 6.98. The second kappa shape index (κ2) is 5.85. The van der Waals surface area contributed by atoms with Crippen LogP contribution in [0.15, 0.2) is 12.4 Å². The molecule has 1 saturated heterocycles. The zero-order valence-corrected chi connectivity index (χ0v) is 11.8. The minimum atomic E-state index is 0.0162. The predicted molar refractivity (Wildman–Crippen MR) is 72.4 cm³/mol. The second-order valence-corrected chi connectivity index (χ2v) is 5.79. The molecule has 4 heteroatoms. The van der Waals surface area contributed by atoms with E-state index < -0.39 is 0 Å². The Bertz CT molecular complexity index is 373. The Hall–Kier alpha value is -0.870. The van der Waals surface area contributed by atoms with Gasteiger partial charge in [-0.2, -0.15) is 5.10 Å². The third-order valence-corrected chi connectivity index (χ3v) is 3.43. The predicted octanol–water partition coefficient (Wildman–Crippen LogP) is 2.34. The Morgan fingerprint density at radius 2 is 2.39 bits per heavy atom. The lowest BCUT2D eigenvalue weighted by Crippen LogP contribution is -2.43. The molecule has 0 aromatic carbocycles. The van der Waals surface area contributed by atoms with Gasteiger partial charge >= 0.3 is 0 Å². The highest BCUT2D eigenvalue weighted by Crippen LogP contribution is 2.24. The molecule has 102 valence electrons. The van der Waals surface area contributed by atoms with Crippen LogP contribution in [0.4, 0.5) is 0 Å². The van der Waals surface area contributed by atoms with Crippen LogP contribution in [0.3, 0.4) is 0 Å². The number of rotatable bonds is 5. The Morgan fingerprint density at radius 1 is 1.56 bits per heavy atom. The standard InChI is InChI=1S/C14H25N3O/c1-4-6-17-11-12(10-16-17)9-15-13-5-7-18-14(2,3)8-13/h10-11,13,15H,4-9H2,1-3H3. The highest BCUT2D eigenvalue weighted by Gasteiger charge is 2.28. The summed E-state index contributed by atoms with van der Waals surface area (Å²) >= 11 is 0. The van der Waals surface area contributed by atoms with E-state index in [2.05, 4.69) is 37.4 Å². The second-order valence-electron chi connectivity index (χ2n) is 5.79. The van der Waals surface area contributed by atoms with Gasteiger partial charge in [0, 0.05) is 37.5 Å². The zero-order chi connectivity index (χ0) is 13.0. The first-order valence-corrected chi connectivity index (χ1v) is 6.98. The lowest BCUT2D eigenvalue weighted by atomic mass is 9.94. The van der Waals surface area contributed by atoms with Crippen molar-refractivity contribution in [1.29, 1.82) is 0 Å². The molecule has 4 nitrogen and oxygen atoms in total. The van der Waals surface area contributed by atoms with Crippen LogP contribution in [-0.2, 0) is 17.8 Å². The SMILES string of the molecule is CCCn1cc(CNC2CCOC(C)(C)C2)cn1. The summed E-state index contributed by atoms with van der Waals surface area (Å²) in [5.74, 6) is 0. The number of aryl methyl sites for hydroxylation is 1. The van der Waals surface area contributed by atoms with E-state index in [1.165, 1.54) is 5.56 Å². The molecule has 2 heterocycles. The molecule has 1 aromatic rings. The van der Waals surface area contributed by atoms with Crippen LogP contribution in [0.5, 0.6) is 0 Å². The van der Waals surface area contributed by atoms with Crippen LogP contribution < -0.4 is 5.32 Å². The largest absolute Gasteiger partial charge is 0.375 e. The highest BCUT2D eigenvalue weighted by atomic mass is 16.5. The Balaban J connectivity index is 1.79. The Morgan fingerprint density at radius 3 is 3.11 bits per heavy atom. The summed E-state index contributed by atoms with van der Waals surface area (Å²) in [5, 5.41) is 7.97. The van der Waals surface area contributed by atoms with Crippen LogP contribution in [0.25, 0.3) is 0 Å². The molecular formula is C14H25N3O. The fourth-order valence-corrected chi connectivity index (χ4v) is 2.52. The number of hydrogen-bond acceptors (Lipinski definition) is 3. The van der Waals surface area contributed by atoms with Crippen LogP contribution in [0.2, 0.25) is 0 Å². The maximum absolute atomic E-state index is 5.73. The first-order chi connectivity index (χ1) is 8.59. The molecule has 0 radical (unpaired) electrons. The number of hydrogen-bond donors (Lipinski definition) is 1. The zero-order valence-electron chi connectivity index (χ0n) is 11.8. The van der Waals surface area contributed by atoms with Crippen molar-refractivity contribution in [1.82, 2.24) is 15.1 Å². The van der Waals surface area contributed by atoms with Gasteiger partial charge in [-0.1, -0.05) is 6.92 Å². The summed E-state index contributed by atoms with van der Waals surface area (Å²) in [6, 6.07) is 0.559. The molecule has 18 heavy (non-hydrogen) atoms. The van der Waals surface area contributed by atoms with Gasteiger partial charge < -0.3 is 10.1 Å². The summed E-state index contributed by atoms with van der Waals surface area (Å²) in [6.07, 6.45) is 7.42. The van der Waals surface area contributed by atoms with E-state index in [0.717, 1.165) is 39.0 Å². The number of ether oxygens (including phenoxy) is 1. The fraction of sp³-hybridized carbons (Fsp3) is 0.786. The normalized spacial score (nSPS) is 23.2. The van der Waals surface area contributed by atoms with E-state index in [-0.39, 0.29) is 5.60 Å². The third-order valence-electron chi connectivity index (χ3n) is 3.43. The van der Waals surface area contributed by atoms with Gasteiger partial charge in [0.25, 0.3) is 0 Å². The van der Waals surface area contributed by atoms with Crippen molar-refractivity contribution in [2.75, 3.05) is 6.61 Å². The van der Waals surface area contributed by atoms with E-state index in [1.54, 1.807) is 0 Å². The van der Waals surface area contributed by atoms with Gasteiger partial charge in [-0.05, 0) is 33.1 Å². The average molecular weight is 251 g/mol. The monoisotopic (exact) mass is 251 g/mol. The molecule has 0 spiro atoms. The molecule has 0 aliphatic carbocycles. The first kappa shape index (κ1) is 13.6. The van der Waals surface area contributed by atoms with Crippen molar-refractivity contribution < 1.29 is 4.74 Å². The van der Waals surface area contributed by atoms with E-state index in [4.69, 9.17) is 4.74 Å². The smallest absolute Gasteiger partial charge is 0.0641 e. The summed E-state index contributed by atoms with van der Waals surface area (Å²) in [6.45, 7) is 9.28. The molecule has 0 bridgehead atoms. The molecular weight excluding hydrogens is 226 g/mol. The molecule has 1 unspecified atom stereocenters. The van der Waals surface area contributed by atoms with Gasteiger partial charge in [0.2, 0.25) is 0 Å². The van der Waals surface area contributed by atoms with Crippen LogP contribution in [0.1, 0.15) is 45.6 Å². The quantitative estimate of drug-likeness (QED) is 0.873. The van der Waals surface area contributed by atoms with Gasteiger partial charge in [0.1, 0.15) is 0 Å². The van der Waals surface area contributed by atoms with E-state index in [9.17, 15) is 0 Å². The van der Waals surface area contributed by atoms with Crippen LogP contribution in [-0.4, -0.2) is 28.0 Å². The number of nitrogens with zero attached hydrogens (tertiary/aromatic N) is 2. The lowest BCUT2D eigenvalue weighted by Gasteiger charge is -2.35. The van der Waals surface area contributed by atoms with Crippen LogP contribution >= 0.6 is 0 Å². The maximum Gasteiger partial charge on any atom is 0.0641 e. The summed E-state index contributed by atoms with van der Waals surface area (Å²) < 4.78 is 7.75. The lowest BCUT2D eigenvalue weighted by molar-refractivity contribution is -0.0630. The number of aromatic nitrogens is 2. The van der Waals surface area contributed by atoms with E-state index >= 15 is 0 Å². The van der Waals surface area contributed by atoms with Gasteiger partial charge in [-0.15, -0.1) is 0 Å². The molecule has 1 N–H and O–H groups in total. The Labute approximate surface area is 110 Å². The molecule has 0 amide bonds. The number of nitrogens with one attached hydrogen (secondary N) is 1. The van der Waals surface area contributed by atoms with Crippen molar-refractivity contribution in [2.24, 2.45) is 0 Å². The molecule has 0 saturated carbocycles. The average Bonchev–Trinajstić information content (AvgIpc) is 2.74. The highest BCUT2D eigenvalue weighted by molar-refractivity contribution is 5.03. The van der Waals surface area contributed by atoms with Gasteiger partial charge in [-0.3, -0.25) is 4.68 Å². The van der Waals surface area contributed by atoms with E-state index in [0.29, 0.717) is 6.04 Å². The summed E-state index contributed by atoms with van der Waals surface area (Å²) in [4.78, 5) is 0. The molecule has 1 aliphatic rings. The van der Waals surface area contributed by atoms with E-state index in [1.807, 2.05) is 10.9 Å². The van der Waals surface area contributed by atoms with Gasteiger partial charge in [0.15, 0.2) is 0 Å². The van der Waals surface area contributed by atoms with Crippen molar-refractivity contribution in [3.8, 4) is 0 Å². The minimum Gasteiger partial charge on any atom is -0.375 e.